The first-order chi connectivity index (χ1) is 12.5. The summed E-state index contributed by atoms with van der Waals surface area (Å²) in [5.74, 6) is -0.373. The number of unbranched alkanes of at least 4 members (excludes halogenated alkanes) is 3. The number of allylic oxidation sites excluding steroid dienone is 2. The van der Waals surface area contributed by atoms with Gasteiger partial charge in [0.2, 0.25) is 0 Å². The molecular weight excluding hydrogens is 332 g/mol. The van der Waals surface area contributed by atoms with Crippen molar-refractivity contribution in [1.82, 2.24) is 0 Å². The van der Waals surface area contributed by atoms with Gasteiger partial charge in [-0.1, -0.05) is 50.5 Å². The van der Waals surface area contributed by atoms with E-state index in [0.29, 0.717) is 19.3 Å². The zero-order chi connectivity index (χ0) is 19.4. The number of esters is 1. The first kappa shape index (κ1) is 22.9. The van der Waals surface area contributed by atoms with E-state index >= 15 is 0 Å². The number of methoxy groups -OCH3 is 1. The van der Waals surface area contributed by atoms with E-state index < -0.39 is 18.3 Å². The largest absolute Gasteiger partial charge is 0.469 e. The predicted molar refractivity (Wildman–Crippen MR) is 103 cm³/mol. The maximum atomic E-state index is 11.1. The van der Waals surface area contributed by atoms with Gasteiger partial charge in [0.25, 0.3) is 0 Å². The summed E-state index contributed by atoms with van der Waals surface area (Å²) in [4.78, 5) is 11.1. The third-order valence-electron chi connectivity index (χ3n) is 5.13. The molecule has 0 unspecified atom stereocenters. The molecule has 1 aliphatic carbocycles. The summed E-state index contributed by atoms with van der Waals surface area (Å²) in [5, 5.41) is 30.5. The second kappa shape index (κ2) is 13.1. The molecule has 5 atom stereocenters. The highest BCUT2D eigenvalue weighted by atomic mass is 16.5. The van der Waals surface area contributed by atoms with Crippen molar-refractivity contribution >= 4 is 5.97 Å². The van der Waals surface area contributed by atoms with Crippen molar-refractivity contribution in [1.29, 1.82) is 0 Å². The average Bonchev–Trinajstić information content (AvgIpc) is 2.89. The van der Waals surface area contributed by atoms with E-state index in [1.54, 1.807) is 6.08 Å². The molecule has 1 aliphatic rings. The molecule has 0 saturated heterocycles. The minimum absolute atomic E-state index is 0.0408. The molecule has 0 aromatic carbocycles. The van der Waals surface area contributed by atoms with Crippen LogP contribution in [-0.2, 0) is 9.53 Å². The molecule has 5 nitrogen and oxygen atoms in total. The standard InChI is InChI=1S/C21H36O5/c1-3-4-7-10-16(22)13-14-18-17(19(23)15-20(18)24)11-8-5-6-9-12-21(25)26-2/h5,8,13-14,16-20,22-24H,3-4,6-7,9-12,15H2,1-2H3/b8-5+,14-13+/t16-,17+,18-,19+,20-/m1/s1. The van der Waals surface area contributed by atoms with Gasteiger partial charge in [0.05, 0.1) is 25.4 Å². The lowest BCUT2D eigenvalue weighted by molar-refractivity contribution is -0.140. The van der Waals surface area contributed by atoms with Crippen molar-refractivity contribution in [3.8, 4) is 0 Å². The number of aliphatic hydroxyl groups excluding tert-OH is 3. The Hall–Kier alpha value is -1.17. The van der Waals surface area contributed by atoms with Crippen molar-refractivity contribution in [2.75, 3.05) is 7.11 Å². The van der Waals surface area contributed by atoms with E-state index in [-0.39, 0.29) is 17.8 Å². The fourth-order valence-corrected chi connectivity index (χ4v) is 3.50. The van der Waals surface area contributed by atoms with E-state index in [1.165, 1.54) is 7.11 Å². The summed E-state index contributed by atoms with van der Waals surface area (Å²) in [7, 11) is 1.39. The van der Waals surface area contributed by atoms with Gasteiger partial charge in [0.15, 0.2) is 0 Å². The maximum Gasteiger partial charge on any atom is 0.305 e. The highest BCUT2D eigenvalue weighted by Gasteiger charge is 2.39. The Morgan fingerprint density at radius 1 is 1.19 bits per heavy atom. The van der Waals surface area contributed by atoms with Crippen LogP contribution in [0.2, 0.25) is 0 Å². The van der Waals surface area contributed by atoms with Crippen LogP contribution in [0.4, 0.5) is 0 Å². The van der Waals surface area contributed by atoms with E-state index in [0.717, 1.165) is 38.5 Å². The van der Waals surface area contributed by atoms with E-state index in [1.807, 2.05) is 18.2 Å². The fourth-order valence-electron chi connectivity index (χ4n) is 3.50. The van der Waals surface area contributed by atoms with Gasteiger partial charge in [0, 0.05) is 18.8 Å². The van der Waals surface area contributed by atoms with Gasteiger partial charge in [-0.15, -0.1) is 0 Å². The number of ether oxygens (including phenoxy) is 1. The van der Waals surface area contributed by atoms with Gasteiger partial charge in [0.1, 0.15) is 0 Å². The monoisotopic (exact) mass is 368 g/mol. The molecule has 1 rings (SSSR count). The maximum absolute atomic E-state index is 11.1. The second-order valence-electron chi connectivity index (χ2n) is 7.24. The number of rotatable bonds is 12. The molecule has 5 heteroatoms. The molecule has 1 fully saturated rings. The normalized spacial score (nSPS) is 27.4. The molecule has 0 aromatic rings. The van der Waals surface area contributed by atoms with Crippen LogP contribution in [-0.4, -0.2) is 46.7 Å². The third kappa shape index (κ3) is 8.47. The second-order valence-corrected chi connectivity index (χ2v) is 7.24. The molecule has 0 aliphatic heterocycles. The Bertz CT molecular complexity index is 446. The summed E-state index contributed by atoms with van der Waals surface area (Å²) in [6, 6.07) is 0. The Balaban J connectivity index is 2.44. The zero-order valence-corrected chi connectivity index (χ0v) is 16.2. The molecule has 0 amide bonds. The lowest BCUT2D eigenvalue weighted by Crippen LogP contribution is -2.20. The summed E-state index contributed by atoms with van der Waals surface area (Å²) in [6.07, 6.45) is 13.1. The van der Waals surface area contributed by atoms with Crippen LogP contribution in [0.5, 0.6) is 0 Å². The molecule has 26 heavy (non-hydrogen) atoms. The van der Waals surface area contributed by atoms with Gasteiger partial charge in [-0.05, 0) is 31.6 Å². The summed E-state index contributed by atoms with van der Waals surface area (Å²) in [6.45, 7) is 2.13. The lowest BCUT2D eigenvalue weighted by atomic mass is 9.89. The van der Waals surface area contributed by atoms with Crippen molar-refractivity contribution in [3.63, 3.8) is 0 Å². The van der Waals surface area contributed by atoms with Crippen LogP contribution < -0.4 is 0 Å². The van der Waals surface area contributed by atoms with Crippen molar-refractivity contribution in [2.24, 2.45) is 11.8 Å². The van der Waals surface area contributed by atoms with Crippen LogP contribution >= 0.6 is 0 Å². The summed E-state index contributed by atoms with van der Waals surface area (Å²) < 4.78 is 4.60. The topological polar surface area (TPSA) is 87.0 Å². The minimum atomic E-state index is -0.568. The minimum Gasteiger partial charge on any atom is -0.469 e. The van der Waals surface area contributed by atoms with Gasteiger partial charge < -0.3 is 20.1 Å². The van der Waals surface area contributed by atoms with Crippen LogP contribution in [0.1, 0.15) is 64.7 Å². The van der Waals surface area contributed by atoms with Crippen molar-refractivity contribution in [3.05, 3.63) is 24.3 Å². The van der Waals surface area contributed by atoms with Gasteiger partial charge in [-0.3, -0.25) is 4.79 Å². The molecule has 3 N–H and O–H groups in total. The summed E-state index contributed by atoms with van der Waals surface area (Å²) >= 11 is 0. The smallest absolute Gasteiger partial charge is 0.305 e. The lowest BCUT2D eigenvalue weighted by Gasteiger charge is -2.19. The first-order valence-corrected chi connectivity index (χ1v) is 9.93. The molecule has 0 heterocycles. The third-order valence-corrected chi connectivity index (χ3v) is 5.13. The SMILES string of the molecule is CCCCC[C@@H](O)/C=C/[C@@H]1[C@H](C/C=C/CCCC(=O)OC)[C@@H](O)C[C@H]1O. The highest BCUT2D eigenvalue weighted by molar-refractivity contribution is 5.69. The van der Waals surface area contributed by atoms with E-state index in [2.05, 4.69) is 11.7 Å². The predicted octanol–water partition coefficient (Wildman–Crippen LogP) is 3.13. The number of carbonyl (C=O) groups is 1. The number of aliphatic hydroxyl groups is 3. The molecule has 0 radical (unpaired) electrons. The van der Waals surface area contributed by atoms with E-state index in [9.17, 15) is 20.1 Å². The fraction of sp³-hybridized carbons (Fsp3) is 0.762. The Kier molecular flexibility index (Phi) is 11.5. The molecule has 0 spiro atoms. The van der Waals surface area contributed by atoms with Gasteiger partial charge in [-0.2, -0.15) is 0 Å². The molecular formula is C21H36O5. The van der Waals surface area contributed by atoms with Crippen molar-refractivity contribution < 1.29 is 24.9 Å². The van der Waals surface area contributed by atoms with Crippen LogP contribution in [0.25, 0.3) is 0 Å². The number of hydrogen-bond donors (Lipinski definition) is 3. The van der Waals surface area contributed by atoms with Crippen molar-refractivity contribution in [2.45, 2.75) is 83.0 Å². The number of hydrogen-bond acceptors (Lipinski definition) is 5. The average molecular weight is 369 g/mol. The first-order valence-electron chi connectivity index (χ1n) is 9.93. The van der Waals surface area contributed by atoms with Crippen LogP contribution in [0, 0.1) is 11.8 Å². The van der Waals surface area contributed by atoms with Gasteiger partial charge >= 0.3 is 5.97 Å². The molecule has 0 bridgehead atoms. The van der Waals surface area contributed by atoms with Crippen LogP contribution in [0.15, 0.2) is 24.3 Å². The molecule has 1 saturated carbocycles. The number of carbonyl (C=O) groups excluding carboxylic acids is 1. The van der Waals surface area contributed by atoms with Crippen LogP contribution in [0.3, 0.4) is 0 Å². The summed E-state index contributed by atoms with van der Waals surface area (Å²) in [5.41, 5.74) is 0. The highest BCUT2D eigenvalue weighted by Crippen LogP contribution is 2.36. The quantitative estimate of drug-likeness (QED) is 0.280. The van der Waals surface area contributed by atoms with Gasteiger partial charge in [-0.25, -0.2) is 0 Å². The zero-order valence-electron chi connectivity index (χ0n) is 16.2. The molecule has 150 valence electrons. The molecule has 0 aromatic heterocycles. The Labute approximate surface area is 157 Å². The van der Waals surface area contributed by atoms with E-state index in [4.69, 9.17) is 0 Å². The Morgan fingerprint density at radius 3 is 2.65 bits per heavy atom. The Morgan fingerprint density at radius 2 is 1.96 bits per heavy atom.